The topological polar surface area (TPSA) is 65.1 Å². The number of hydrogen-bond donors (Lipinski definition) is 0. The summed E-state index contributed by atoms with van der Waals surface area (Å²) >= 11 is 13.0. The lowest BCUT2D eigenvalue weighted by molar-refractivity contribution is -0.145. The Morgan fingerprint density at radius 2 is 1.97 bits per heavy atom. The van der Waals surface area contributed by atoms with Crippen LogP contribution in [0.4, 0.5) is 5.69 Å². The van der Waals surface area contributed by atoms with Crippen molar-refractivity contribution >= 4 is 63.5 Å². The molecule has 0 spiro atoms. The SMILES string of the molecule is CCOC(=O)COc1c(Cl)cc(/C=C2\SC(=S)N(c3ccc(C)c(C)c3)C2=O)cc1OC. The standard InChI is InChI=1S/C23H22ClNO5S2/c1-5-29-20(26)12-30-21-17(24)9-15(10-18(21)28-4)11-19-22(27)25(23(31)32-19)16-7-6-13(2)14(3)8-16/h6-11H,5,12H2,1-4H3/b19-11-. The lowest BCUT2D eigenvalue weighted by Crippen LogP contribution is -2.27. The van der Waals surface area contributed by atoms with Gasteiger partial charge in [0.1, 0.15) is 0 Å². The number of carbonyl (C=O) groups is 2. The number of anilines is 1. The summed E-state index contributed by atoms with van der Waals surface area (Å²) < 4.78 is 16.2. The fraction of sp³-hybridized carbons (Fsp3) is 0.261. The third-order valence-corrected chi connectivity index (χ3v) is 6.31. The Morgan fingerprint density at radius 1 is 1.22 bits per heavy atom. The molecule has 0 aromatic heterocycles. The van der Waals surface area contributed by atoms with Crippen molar-refractivity contribution in [3.63, 3.8) is 0 Å². The van der Waals surface area contributed by atoms with Gasteiger partial charge in [-0.2, -0.15) is 0 Å². The quantitative estimate of drug-likeness (QED) is 0.295. The Labute approximate surface area is 201 Å². The second-order valence-corrected chi connectivity index (χ2v) is 9.00. The van der Waals surface area contributed by atoms with E-state index in [4.69, 9.17) is 38.0 Å². The molecule has 3 rings (SSSR count). The Hall–Kier alpha value is -2.55. The Balaban J connectivity index is 1.87. The molecular weight excluding hydrogens is 470 g/mol. The molecule has 168 valence electrons. The average molecular weight is 492 g/mol. The lowest BCUT2D eigenvalue weighted by atomic mass is 10.1. The zero-order valence-corrected chi connectivity index (χ0v) is 20.5. The molecule has 1 heterocycles. The normalized spacial score (nSPS) is 14.8. The molecule has 6 nitrogen and oxygen atoms in total. The van der Waals surface area contributed by atoms with Crippen molar-refractivity contribution in [1.29, 1.82) is 0 Å². The number of benzene rings is 2. The van der Waals surface area contributed by atoms with E-state index in [0.717, 1.165) is 16.8 Å². The maximum Gasteiger partial charge on any atom is 0.344 e. The van der Waals surface area contributed by atoms with Gasteiger partial charge in [0.2, 0.25) is 0 Å². The van der Waals surface area contributed by atoms with Crippen molar-refractivity contribution in [3.05, 3.63) is 56.9 Å². The fourth-order valence-corrected chi connectivity index (χ4v) is 4.58. The predicted octanol–water partition coefficient (Wildman–Crippen LogP) is 5.31. The summed E-state index contributed by atoms with van der Waals surface area (Å²) in [7, 11) is 1.46. The van der Waals surface area contributed by atoms with Crippen molar-refractivity contribution in [2.24, 2.45) is 0 Å². The van der Waals surface area contributed by atoms with Crippen LogP contribution in [-0.2, 0) is 14.3 Å². The van der Waals surface area contributed by atoms with Gasteiger partial charge in [0.25, 0.3) is 5.91 Å². The summed E-state index contributed by atoms with van der Waals surface area (Å²) in [6.07, 6.45) is 1.70. The highest BCUT2D eigenvalue weighted by Crippen LogP contribution is 2.40. The molecule has 0 unspecified atom stereocenters. The van der Waals surface area contributed by atoms with Gasteiger partial charge in [0.15, 0.2) is 22.4 Å². The number of rotatable bonds is 7. The Morgan fingerprint density at radius 3 is 2.62 bits per heavy atom. The first-order valence-electron chi connectivity index (χ1n) is 9.76. The van der Waals surface area contributed by atoms with Gasteiger partial charge in [-0.15, -0.1) is 0 Å². The number of esters is 1. The minimum atomic E-state index is -0.510. The first-order valence-corrected chi connectivity index (χ1v) is 11.4. The maximum absolute atomic E-state index is 13.1. The van der Waals surface area contributed by atoms with E-state index >= 15 is 0 Å². The molecule has 0 atom stereocenters. The molecule has 1 amide bonds. The van der Waals surface area contributed by atoms with Crippen molar-refractivity contribution in [1.82, 2.24) is 0 Å². The van der Waals surface area contributed by atoms with Gasteiger partial charge < -0.3 is 14.2 Å². The van der Waals surface area contributed by atoms with Crippen LogP contribution < -0.4 is 14.4 Å². The third-order valence-electron chi connectivity index (χ3n) is 4.73. The minimum absolute atomic E-state index is 0.207. The summed E-state index contributed by atoms with van der Waals surface area (Å²) in [4.78, 5) is 26.6. The van der Waals surface area contributed by atoms with Gasteiger partial charge in [-0.25, -0.2) is 4.79 Å². The number of methoxy groups -OCH3 is 1. The maximum atomic E-state index is 13.1. The van der Waals surface area contributed by atoms with E-state index in [1.54, 1.807) is 25.1 Å². The van der Waals surface area contributed by atoms with Gasteiger partial charge in [0, 0.05) is 0 Å². The summed E-state index contributed by atoms with van der Waals surface area (Å²) in [6, 6.07) is 9.10. The lowest BCUT2D eigenvalue weighted by Gasteiger charge is -2.16. The van der Waals surface area contributed by atoms with E-state index in [1.165, 1.54) is 23.8 Å². The Kier molecular flexibility index (Phi) is 7.82. The fourth-order valence-electron chi connectivity index (χ4n) is 3.00. The minimum Gasteiger partial charge on any atom is -0.493 e. The monoisotopic (exact) mass is 491 g/mol. The van der Waals surface area contributed by atoms with Gasteiger partial charge in [-0.05, 0) is 67.8 Å². The number of thiocarbonyl (C=S) groups is 1. The van der Waals surface area contributed by atoms with E-state index in [0.29, 0.717) is 20.5 Å². The second kappa shape index (κ2) is 10.4. The summed E-state index contributed by atoms with van der Waals surface area (Å²) in [5, 5.41) is 0.240. The summed E-state index contributed by atoms with van der Waals surface area (Å²) in [6.45, 7) is 5.68. The van der Waals surface area contributed by atoms with Crippen molar-refractivity contribution < 1.29 is 23.8 Å². The van der Waals surface area contributed by atoms with E-state index in [-0.39, 0.29) is 29.9 Å². The number of halogens is 1. The molecule has 9 heteroatoms. The van der Waals surface area contributed by atoms with E-state index < -0.39 is 5.97 Å². The Bertz CT molecular complexity index is 1120. The number of thioether (sulfide) groups is 1. The van der Waals surface area contributed by atoms with Crippen LogP contribution in [-0.4, -0.2) is 36.5 Å². The summed E-state index contributed by atoms with van der Waals surface area (Å²) in [5.74, 6) is -0.162. The average Bonchev–Trinajstić information content (AvgIpc) is 3.02. The molecule has 1 fully saturated rings. The molecular formula is C23H22ClNO5S2. The van der Waals surface area contributed by atoms with E-state index in [1.807, 2.05) is 32.0 Å². The molecule has 1 aliphatic heterocycles. The van der Waals surface area contributed by atoms with Gasteiger partial charge in [0.05, 0.1) is 29.3 Å². The predicted molar refractivity (Wildman–Crippen MR) is 132 cm³/mol. The van der Waals surface area contributed by atoms with Gasteiger partial charge in [-0.1, -0.05) is 41.6 Å². The number of aryl methyl sites for hydroxylation is 2. The first kappa shape index (κ1) is 24.1. The molecule has 0 radical (unpaired) electrons. The number of hydrogen-bond acceptors (Lipinski definition) is 7. The van der Waals surface area contributed by atoms with Crippen LogP contribution in [0.25, 0.3) is 6.08 Å². The zero-order valence-electron chi connectivity index (χ0n) is 18.1. The van der Waals surface area contributed by atoms with Crippen LogP contribution >= 0.6 is 35.6 Å². The molecule has 2 aromatic rings. The van der Waals surface area contributed by atoms with Crippen molar-refractivity contribution in [3.8, 4) is 11.5 Å². The van der Waals surface area contributed by atoms with Crippen LogP contribution in [0.1, 0.15) is 23.6 Å². The van der Waals surface area contributed by atoms with Crippen molar-refractivity contribution in [2.45, 2.75) is 20.8 Å². The van der Waals surface area contributed by atoms with Gasteiger partial charge >= 0.3 is 5.97 Å². The molecule has 0 bridgehead atoms. The van der Waals surface area contributed by atoms with Crippen LogP contribution in [0.3, 0.4) is 0 Å². The van der Waals surface area contributed by atoms with Crippen LogP contribution in [0.2, 0.25) is 5.02 Å². The largest absolute Gasteiger partial charge is 0.493 e. The second-order valence-electron chi connectivity index (χ2n) is 6.91. The molecule has 2 aromatic carbocycles. The smallest absolute Gasteiger partial charge is 0.344 e. The van der Waals surface area contributed by atoms with Crippen molar-refractivity contribution in [2.75, 3.05) is 25.2 Å². The highest BCUT2D eigenvalue weighted by Gasteiger charge is 2.33. The third kappa shape index (κ3) is 5.26. The number of nitrogens with zero attached hydrogens (tertiary/aromatic N) is 1. The molecule has 0 saturated carbocycles. The molecule has 0 aliphatic carbocycles. The number of amides is 1. The van der Waals surface area contributed by atoms with Crippen LogP contribution in [0, 0.1) is 13.8 Å². The van der Waals surface area contributed by atoms with E-state index in [9.17, 15) is 9.59 Å². The van der Waals surface area contributed by atoms with E-state index in [2.05, 4.69) is 0 Å². The van der Waals surface area contributed by atoms with Gasteiger partial charge in [-0.3, -0.25) is 9.69 Å². The molecule has 0 N–H and O–H groups in total. The van der Waals surface area contributed by atoms with Crippen LogP contribution in [0.15, 0.2) is 35.2 Å². The highest BCUT2D eigenvalue weighted by molar-refractivity contribution is 8.27. The molecule has 1 aliphatic rings. The molecule has 1 saturated heterocycles. The van der Waals surface area contributed by atoms with Crippen LogP contribution in [0.5, 0.6) is 11.5 Å². The zero-order chi connectivity index (χ0) is 23.4. The first-order chi connectivity index (χ1) is 15.2. The summed E-state index contributed by atoms with van der Waals surface area (Å²) in [5.41, 5.74) is 3.59. The highest BCUT2D eigenvalue weighted by atomic mass is 35.5. The molecule has 32 heavy (non-hydrogen) atoms. The number of ether oxygens (including phenoxy) is 3. The number of carbonyl (C=O) groups excluding carboxylic acids is 2.